The zero-order chi connectivity index (χ0) is 27.0. The molecule has 3 aromatic heterocycles. The van der Waals surface area contributed by atoms with Crippen molar-refractivity contribution < 1.29 is 31.5 Å². The van der Waals surface area contributed by atoms with Crippen LogP contribution in [0.5, 0.6) is 0 Å². The van der Waals surface area contributed by atoms with Crippen LogP contribution < -0.4 is 0 Å². The molecule has 0 bridgehead atoms. The summed E-state index contributed by atoms with van der Waals surface area (Å²) in [7, 11) is 0. The molecule has 1 aromatic carbocycles. The van der Waals surface area contributed by atoms with Crippen LogP contribution in [0.25, 0.3) is 5.57 Å². The molecule has 0 fully saturated rings. The minimum atomic E-state index is -2.33. The number of halogens is 5. The van der Waals surface area contributed by atoms with Gasteiger partial charge >= 0.3 is 0 Å². The summed E-state index contributed by atoms with van der Waals surface area (Å²) >= 11 is 0. The van der Waals surface area contributed by atoms with Crippen molar-refractivity contribution in [2.45, 2.75) is 0 Å². The Hall–Kier alpha value is -5.06. The number of aromatic nitrogens is 3. The molecule has 4 aromatic rings. The van der Waals surface area contributed by atoms with E-state index in [9.17, 15) is 31.5 Å². The lowest BCUT2D eigenvalue weighted by molar-refractivity contribution is 0.102. The first-order valence-corrected chi connectivity index (χ1v) is 10.9. The number of benzene rings is 1. The average Bonchev–Trinajstić information content (AvgIpc) is 3.64. The summed E-state index contributed by atoms with van der Waals surface area (Å²) in [6.07, 6.45) is 5.17. The highest BCUT2D eigenvalue weighted by Crippen LogP contribution is 2.36. The molecule has 0 saturated carbocycles. The summed E-state index contributed by atoms with van der Waals surface area (Å²) < 4.78 is 72.0. The number of aromatic amines is 1. The third-order valence-corrected chi connectivity index (χ3v) is 5.58. The minimum absolute atomic E-state index is 0.0260. The van der Waals surface area contributed by atoms with Gasteiger partial charge in [0.2, 0.25) is 17.4 Å². The van der Waals surface area contributed by atoms with Crippen LogP contribution >= 0.6 is 0 Å². The summed E-state index contributed by atoms with van der Waals surface area (Å²) in [6.45, 7) is 0. The number of carbonyl (C=O) groups is 2. The van der Waals surface area contributed by atoms with Gasteiger partial charge in [-0.05, 0) is 48.6 Å². The summed E-state index contributed by atoms with van der Waals surface area (Å²) in [5.41, 5.74) is -2.50. The molecule has 0 unspecified atom stereocenters. The number of ketones is 2. The largest absolute Gasteiger partial charge is 0.352 e. The van der Waals surface area contributed by atoms with Crippen molar-refractivity contribution >= 4 is 22.9 Å². The fourth-order valence-corrected chi connectivity index (χ4v) is 3.79. The molecule has 0 spiro atoms. The van der Waals surface area contributed by atoms with E-state index < -0.39 is 51.8 Å². The van der Waals surface area contributed by atoms with Crippen LogP contribution in [0.15, 0.2) is 83.8 Å². The van der Waals surface area contributed by atoms with Gasteiger partial charge in [0.25, 0.3) is 0 Å². The van der Waals surface area contributed by atoms with Crippen molar-refractivity contribution in [2.75, 3.05) is 0 Å². The van der Waals surface area contributed by atoms with Crippen LogP contribution in [-0.4, -0.2) is 32.2 Å². The average molecular weight is 520 g/mol. The second kappa shape index (κ2) is 9.77. The number of nitrogens with one attached hydrogen (secondary N) is 1. The molecule has 1 aliphatic heterocycles. The molecular weight excluding hydrogens is 507 g/mol. The summed E-state index contributed by atoms with van der Waals surface area (Å²) in [4.78, 5) is 40.2. The Balaban J connectivity index is 1.70. The van der Waals surface area contributed by atoms with Gasteiger partial charge < -0.3 is 4.98 Å². The van der Waals surface area contributed by atoms with Crippen LogP contribution in [0, 0.1) is 29.1 Å². The van der Waals surface area contributed by atoms with E-state index in [1.54, 1.807) is 24.3 Å². The fraction of sp³-hybridized carbons (Fsp3) is 0. The number of allylic oxidation sites excluding steroid dienone is 2. The predicted octanol–water partition coefficient (Wildman–Crippen LogP) is 5.38. The molecule has 4 heterocycles. The molecule has 1 aliphatic rings. The zero-order valence-electron chi connectivity index (χ0n) is 19.0. The Labute approximate surface area is 210 Å². The van der Waals surface area contributed by atoms with Crippen molar-refractivity contribution in [1.82, 2.24) is 15.0 Å². The van der Waals surface area contributed by atoms with Gasteiger partial charge in [0.05, 0.1) is 17.0 Å². The first-order valence-electron chi connectivity index (χ1n) is 10.9. The molecule has 0 aliphatic carbocycles. The second-order valence-electron chi connectivity index (χ2n) is 7.91. The predicted molar refractivity (Wildman–Crippen MR) is 126 cm³/mol. The van der Waals surface area contributed by atoms with Gasteiger partial charge in [-0.1, -0.05) is 12.1 Å². The summed E-state index contributed by atoms with van der Waals surface area (Å²) in [5.74, 6) is -12.1. The lowest BCUT2D eigenvalue weighted by Crippen LogP contribution is -2.12. The molecule has 6 nitrogen and oxygen atoms in total. The highest BCUT2D eigenvalue weighted by molar-refractivity contribution is 6.50. The zero-order valence-corrected chi connectivity index (χ0v) is 19.0. The first kappa shape index (κ1) is 24.6. The third kappa shape index (κ3) is 4.23. The van der Waals surface area contributed by atoms with E-state index in [4.69, 9.17) is 0 Å². The van der Waals surface area contributed by atoms with Crippen LogP contribution in [0.1, 0.15) is 37.9 Å². The van der Waals surface area contributed by atoms with Gasteiger partial charge in [-0.25, -0.2) is 26.9 Å². The number of pyridine rings is 2. The molecule has 1 N–H and O–H groups in total. The van der Waals surface area contributed by atoms with Gasteiger partial charge in [0.1, 0.15) is 17.1 Å². The van der Waals surface area contributed by atoms with Gasteiger partial charge in [-0.15, -0.1) is 0 Å². The Morgan fingerprint density at radius 3 is 1.76 bits per heavy atom. The Morgan fingerprint density at radius 1 is 0.632 bits per heavy atom. The maximum absolute atomic E-state index is 14.9. The number of carbonyl (C=O) groups excluding carboxylic acids is 2. The van der Waals surface area contributed by atoms with Crippen molar-refractivity contribution in [2.24, 2.45) is 4.99 Å². The van der Waals surface area contributed by atoms with Gasteiger partial charge in [0, 0.05) is 23.7 Å². The summed E-state index contributed by atoms with van der Waals surface area (Å²) in [6, 6.07) is 11.7. The molecular formula is C27H13F5N4O2. The molecule has 11 heteroatoms. The molecule has 0 radical (unpaired) electrons. The van der Waals surface area contributed by atoms with E-state index in [1.807, 2.05) is 0 Å². The SMILES string of the molecule is O=C(C1=N/C(=C(\c2ccc(C(=O)c3ccccn3)[nH]2)c2c(F)c(F)c(F)c(F)c2F)C=C1)c1ccccn1. The van der Waals surface area contributed by atoms with Crippen molar-refractivity contribution in [3.63, 3.8) is 0 Å². The number of Topliss-reactive ketones (excluding diaryl/α,β-unsaturated/α-hetero) is 1. The maximum atomic E-state index is 14.9. The van der Waals surface area contributed by atoms with Crippen LogP contribution in [0.2, 0.25) is 0 Å². The highest BCUT2D eigenvalue weighted by Gasteiger charge is 2.31. The van der Waals surface area contributed by atoms with Crippen molar-refractivity contribution in [3.8, 4) is 0 Å². The number of aliphatic imine (C=N–C) groups is 1. The van der Waals surface area contributed by atoms with E-state index in [0.717, 1.165) is 0 Å². The molecule has 0 atom stereocenters. The number of nitrogens with zero attached hydrogens (tertiary/aromatic N) is 3. The van der Waals surface area contributed by atoms with Crippen LogP contribution in [-0.2, 0) is 0 Å². The number of rotatable bonds is 6. The number of hydrogen-bond acceptors (Lipinski definition) is 5. The van der Waals surface area contributed by atoms with E-state index in [1.165, 1.54) is 48.8 Å². The lowest BCUT2D eigenvalue weighted by atomic mass is 9.98. The lowest BCUT2D eigenvalue weighted by Gasteiger charge is -2.13. The second-order valence-corrected chi connectivity index (χ2v) is 7.91. The minimum Gasteiger partial charge on any atom is -0.352 e. The van der Waals surface area contributed by atoms with Gasteiger partial charge in [-0.2, -0.15) is 0 Å². The number of H-pyrrole nitrogens is 1. The summed E-state index contributed by atoms with van der Waals surface area (Å²) in [5, 5.41) is 0. The Bertz CT molecular complexity index is 1660. The van der Waals surface area contributed by atoms with Crippen LogP contribution in [0.3, 0.4) is 0 Å². The topological polar surface area (TPSA) is 88.1 Å². The Kier molecular flexibility index (Phi) is 6.33. The van der Waals surface area contributed by atoms with E-state index >= 15 is 0 Å². The van der Waals surface area contributed by atoms with E-state index in [-0.39, 0.29) is 34.2 Å². The molecule has 0 saturated heterocycles. The van der Waals surface area contributed by atoms with Crippen LogP contribution in [0.4, 0.5) is 22.0 Å². The first-order chi connectivity index (χ1) is 18.3. The molecule has 188 valence electrons. The fourth-order valence-electron chi connectivity index (χ4n) is 3.79. The maximum Gasteiger partial charge on any atom is 0.229 e. The Morgan fingerprint density at radius 2 is 1.18 bits per heavy atom. The molecule has 5 rings (SSSR count). The number of hydrogen-bond donors (Lipinski definition) is 1. The smallest absolute Gasteiger partial charge is 0.229 e. The van der Waals surface area contributed by atoms with Crippen molar-refractivity contribution in [1.29, 1.82) is 0 Å². The standard InChI is InChI=1S/C27H13F5N4O2/c28-21-20(22(29)24(31)25(32)23(21)30)19(13-7-9-17(35-13)26(37)15-5-1-3-11-33-15)14-8-10-18(36-14)27(38)16-6-2-4-12-34-16/h1-12,35H/b19-14+. The normalized spacial score (nSPS) is 14.0. The highest BCUT2D eigenvalue weighted by atomic mass is 19.2. The van der Waals surface area contributed by atoms with Crippen molar-refractivity contribution in [3.05, 3.63) is 136 Å². The molecule has 38 heavy (non-hydrogen) atoms. The van der Waals surface area contributed by atoms with E-state index in [0.29, 0.717) is 0 Å². The van der Waals surface area contributed by atoms with E-state index in [2.05, 4.69) is 19.9 Å². The monoisotopic (exact) mass is 520 g/mol. The molecule has 0 amide bonds. The van der Waals surface area contributed by atoms with Gasteiger partial charge in [0.15, 0.2) is 23.3 Å². The third-order valence-electron chi connectivity index (χ3n) is 5.58. The van der Waals surface area contributed by atoms with Gasteiger partial charge in [-0.3, -0.25) is 19.6 Å². The quantitative estimate of drug-likeness (QED) is 0.160.